The van der Waals surface area contributed by atoms with Gasteiger partial charge in [-0.3, -0.25) is 9.69 Å². The maximum Gasteiger partial charge on any atom is 0.407 e. The number of aliphatic carboxylic acids is 1. The van der Waals surface area contributed by atoms with Crippen molar-refractivity contribution in [2.24, 2.45) is 0 Å². The number of likely N-dealkylation sites (tertiary alicyclic amines) is 1. The van der Waals surface area contributed by atoms with E-state index in [-0.39, 0.29) is 25.1 Å². The Labute approximate surface area is 129 Å². The number of rotatable bonds is 4. The van der Waals surface area contributed by atoms with Crippen LogP contribution >= 0.6 is 12.4 Å². The van der Waals surface area contributed by atoms with Crippen LogP contribution in [0.4, 0.5) is 4.79 Å². The van der Waals surface area contributed by atoms with Gasteiger partial charge in [-0.2, -0.15) is 0 Å². The SMILES string of the molecule is CN1C[C@@H](NC(=O)OCc2ccccc2)C[C@@H]1C(=O)O.Cl. The van der Waals surface area contributed by atoms with Crippen molar-refractivity contribution in [3.63, 3.8) is 0 Å². The van der Waals surface area contributed by atoms with Gasteiger partial charge < -0.3 is 15.2 Å². The van der Waals surface area contributed by atoms with Crippen molar-refractivity contribution in [2.75, 3.05) is 13.6 Å². The summed E-state index contributed by atoms with van der Waals surface area (Å²) >= 11 is 0. The first kappa shape index (κ1) is 17.3. The third-order valence-corrected chi connectivity index (χ3v) is 3.37. The van der Waals surface area contributed by atoms with Gasteiger partial charge in [-0.05, 0) is 19.0 Å². The Balaban J connectivity index is 0.00000220. The molecule has 2 N–H and O–H groups in total. The van der Waals surface area contributed by atoms with Crippen molar-refractivity contribution in [2.45, 2.75) is 25.1 Å². The van der Waals surface area contributed by atoms with Crippen LogP contribution in [0.15, 0.2) is 30.3 Å². The Morgan fingerprint density at radius 1 is 1.38 bits per heavy atom. The lowest BCUT2D eigenvalue weighted by atomic mass is 10.2. The Kier molecular flexibility index (Phi) is 6.45. The third-order valence-electron chi connectivity index (χ3n) is 3.37. The van der Waals surface area contributed by atoms with Crippen molar-refractivity contribution in [3.8, 4) is 0 Å². The zero-order chi connectivity index (χ0) is 14.5. The minimum atomic E-state index is -0.866. The summed E-state index contributed by atoms with van der Waals surface area (Å²) in [5, 5.41) is 11.7. The number of alkyl carbamates (subject to hydrolysis) is 1. The van der Waals surface area contributed by atoms with Crippen LogP contribution in [-0.2, 0) is 16.1 Å². The fraction of sp³-hybridized carbons (Fsp3) is 0.429. The van der Waals surface area contributed by atoms with E-state index in [9.17, 15) is 9.59 Å². The molecule has 0 spiro atoms. The van der Waals surface area contributed by atoms with E-state index in [4.69, 9.17) is 9.84 Å². The Bertz CT molecular complexity index is 483. The molecule has 0 radical (unpaired) electrons. The second-order valence-electron chi connectivity index (χ2n) is 4.93. The lowest BCUT2D eigenvalue weighted by Crippen LogP contribution is -2.36. The van der Waals surface area contributed by atoms with Crippen molar-refractivity contribution < 1.29 is 19.4 Å². The van der Waals surface area contributed by atoms with E-state index in [0.717, 1.165) is 5.56 Å². The number of carboxylic acid groups (broad SMARTS) is 1. The minimum absolute atomic E-state index is 0. The smallest absolute Gasteiger partial charge is 0.407 e. The van der Waals surface area contributed by atoms with Crippen LogP contribution in [0.25, 0.3) is 0 Å². The van der Waals surface area contributed by atoms with Gasteiger partial charge in [0, 0.05) is 12.6 Å². The van der Waals surface area contributed by atoms with Gasteiger partial charge in [0.05, 0.1) is 0 Å². The van der Waals surface area contributed by atoms with Crippen LogP contribution in [0, 0.1) is 0 Å². The minimum Gasteiger partial charge on any atom is -0.480 e. The van der Waals surface area contributed by atoms with Crippen LogP contribution in [0.2, 0.25) is 0 Å². The molecule has 0 aromatic heterocycles. The number of carbonyl (C=O) groups excluding carboxylic acids is 1. The maximum atomic E-state index is 11.7. The molecule has 1 aromatic carbocycles. The number of nitrogens with one attached hydrogen (secondary N) is 1. The van der Waals surface area contributed by atoms with Crippen molar-refractivity contribution in [1.29, 1.82) is 0 Å². The van der Waals surface area contributed by atoms with Gasteiger partial charge in [0.25, 0.3) is 0 Å². The average Bonchev–Trinajstić information content (AvgIpc) is 2.78. The van der Waals surface area contributed by atoms with Crippen LogP contribution in [0.5, 0.6) is 0 Å². The normalized spacial score (nSPS) is 21.4. The highest BCUT2D eigenvalue weighted by Crippen LogP contribution is 2.16. The van der Waals surface area contributed by atoms with Gasteiger partial charge >= 0.3 is 12.1 Å². The first-order chi connectivity index (χ1) is 9.56. The number of nitrogens with zero attached hydrogens (tertiary/aromatic N) is 1. The van der Waals surface area contributed by atoms with Gasteiger partial charge in [0.2, 0.25) is 0 Å². The molecule has 1 saturated heterocycles. The largest absolute Gasteiger partial charge is 0.480 e. The molecule has 0 unspecified atom stereocenters. The van der Waals surface area contributed by atoms with Gasteiger partial charge in [-0.15, -0.1) is 12.4 Å². The highest BCUT2D eigenvalue weighted by Gasteiger charge is 2.35. The van der Waals surface area contributed by atoms with Gasteiger partial charge in [-0.1, -0.05) is 30.3 Å². The zero-order valence-electron chi connectivity index (χ0n) is 11.7. The van der Waals surface area contributed by atoms with Gasteiger partial charge in [0.15, 0.2) is 0 Å². The molecule has 1 aliphatic heterocycles. The number of halogens is 1. The third kappa shape index (κ3) is 4.91. The fourth-order valence-corrected chi connectivity index (χ4v) is 2.32. The molecule has 2 rings (SSSR count). The summed E-state index contributed by atoms with van der Waals surface area (Å²) in [5.74, 6) is -0.866. The van der Waals surface area contributed by atoms with Crippen molar-refractivity contribution in [3.05, 3.63) is 35.9 Å². The zero-order valence-corrected chi connectivity index (χ0v) is 12.5. The number of hydrogen-bond acceptors (Lipinski definition) is 4. The molecule has 0 aliphatic carbocycles. The highest BCUT2D eigenvalue weighted by molar-refractivity contribution is 5.85. The number of carbonyl (C=O) groups is 2. The monoisotopic (exact) mass is 314 g/mol. The van der Waals surface area contributed by atoms with E-state index >= 15 is 0 Å². The predicted octanol–water partition coefficient (Wildman–Crippen LogP) is 1.49. The Morgan fingerprint density at radius 2 is 2.05 bits per heavy atom. The summed E-state index contributed by atoms with van der Waals surface area (Å²) in [6.07, 6.45) is -0.120. The van der Waals surface area contributed by atoms with Crippen LogP contribution in [0.1, 0.15) is 12.0 Å². The number of ether oxygens (including phenoxy) is 1. The van der Waals surface area contributed by atoms with Crippen LogP contribution < -0.4 is 5.32 Å². The summed E-state index contributed by atoms with van der Waals surface area (Å²) in [4.78, 5) is 24.3. The molecular weight excluding hydrogens is 296 g/mol. The topological polar surface area (TPSA) is 78.9 Å². The molecule has 1 aromatic rings. The van der Waals surface area contributed by atoms with Crippen molar-refractivity contribution >= 4 is 24.5 Å². The van der Waals surface area contributed by atoms with Crippen molar-refractivity contribution in [1.82, 2.24) is 10.2 Å². The summed E-state index contributed by atoms with van der Waals surface area (Å²) in [5.41, 5.74) is 0.912. The van der Waals surface area contributed by atoms with Gasteiger partial charge in [0.1, 0.15) is 12.6 Å². The first-order valence-corrected chi connectivity index (χ1v) is 6.46. The number of likely N-dealkylation sites (N-methyl/N-ethyl adjacent to an activating group) is 1. The van der Waals surface area contributed by atoms with E-state index in [0.29, 0.717) is 13.0 Å². The van der Waals surface area contributed by atoms with Crippen LogP contribution in [0.3, 0.4) is 0 Å². The molecule has 1 amide bonds. The van der Waals surface area contributed by atoms with E-state index in [1.807, 2.05) is 30.3 Å². The van der Waals surface area contributed by atoms with E-state index in [1.54, 1.807) is 11.9 Å². The number of benzene rings is 1. The van der Waals surface area contributed by atoms with Gasteiger partial charge in [-0.25, -0.2) is 4.79 Å². The lowest BCUT2D eigenvalue weighted by Gasteiger charge is -2.13. The molecule has 0 bridgehead atoms. The summed E-state index contributed by atoms with van der Waals surface area (Å²) in [6, 6.07) is 8.65. The molecule has 1 fully saturated rings. The Morgan fingerprint density at radius 3 is 2.62 bits per heavy atom. The predicted molar refractivity (Wildman–Crippen MR) is 79.5 cm³/mol. The summed E-state index contributed by atoms with van der Waals surface area (Å²) < 4.78 is 5.10. The molecule has 7 heteroatoms. The molecule has 21 heavy (non-hydrogen) atoms. The molecular formula is C14H19ClN2O4. The standard InChI is InChI=1S/C14H18N2O4.ClH/c1-16-8-11(7-12(16)13(17)18)15-14(19)20-9-10-5-3-2-4-6-10;/h2-6,11-12H,7-9H2,1H3,(H,15,19)(H,17,18);1H/t11-,12+;/m0./s1. The Hall–Kier alpha value is -1.79. The number of hydrogen-bond donors (Lipinski definition) is 2. The van der Waals surface area contributed by atoms with E-state index in [1.165, 1.54) is 0 Å². The fourth-order valence-electron chi connectivity index (χ4n) is 2.32. The maximum absolute atomic E-state index is 11.7. The number of amides is 1. The van der Waals surface area contributed by atoms with Crippen LogP contribution in [-0.4, -0.2) is 47.7 Å². The molecule has 1 heterocycles. The molecule has 2 atom stereocenters. The molecule has 6 nitrogen and oxygen atoms in total. The second-order valence-corrected chi connectivity index (χ2v) is 4.93. The number of carboxylic acids is 1. The van der Waals surface area contributed by atoms with E-state index < -0.39 is 18.1 Å². The van der Waals surface area contributed by atoms with E-state index in [2.05, 4.69) is 5.32 Å². The molecule has 0 saturated carbocycles. The average molecular weight is 315 g/mol. The second kappa shape index (κ2) is 7.85. The lowest BCUT2D eigenvalue weighted by molar-refractivity contribution is -0.141. The summed E-state index contributed by atoms with van der Waals surface area (Å²) in [7, 11) is 1.73. The summed E-state index contributed by atoms with van der Waals surface area (Å²) in [6.45, 7) is 0.717. The quantitative estimate of drug-likeness (QED) is 0.880. The first-order valence-electron chi connectivity index (χ1n) is 6.46. The molecule has 116 valence electrons. The highest BCUT2D eigenvalue weighted by atomic mass is 35.5. The molecule has 1 aliphatic rings.